The van der Waals surface area contributed by atoms with Crippen LogP contribution in [0.25, 0.3) is 0 Å². The van der Waals surface area contributed by atoms with Crippen LogP contribution in [0.2, 0.25) is 0 Å². The molecule has 0 aromatic heterocycles. The van der Waals surface area contributed by atoms with Crippen molar-refractivity contribution in [3.05, 3.63) is 71.8 Å². The number of benzene rings is 2. The summed E-state index contributed by atoms with van der Waals surface area (Å²) < 4.78 is 11.0. The number of amides is 1. The van der Waals surface area contributed by atoms with Crippen LogP contribution in [-0.4, -0.2) is 45.8 Å². The Bertz CT molecular complexity index is 867. The molecule has 164 valence electrons. The van der Waals surface area contributed by atoms with Gasteiger partial charge in [-0.15, -0.1) is 0 Å². The minimum Gasteiger partial charge on any atom is -0.460 e. The van der Waals surface area contributed by atoms with Crippen molar-refractivity contribution in [3.8, 4) is 0 Å². The maximum Gasteiger partial charge on any atom is 0.411 e. The van der Waals surface area contributed by atoms with E-state index in [9.17, 15) is 14.7 Å². The molecule has 1 N–H and O–H groups in total. The molecule has 0 aliphatic carbocycles. The maximum absolute atomic E-state index is 13.3. The predicted octanol–water partition coefficient (Wildman–Crippen LogP) is 4.18. The molecule has 4 rings (SSSR count). The van der Waals surface area contributed by atoms with E-state index in [2.05, 4.69) is 0 Å². The molecule has 4 atom stereocenters. The van der Waals surface area contributed by atoms with Crippen LogP contribution in [0.1, 0.15) is 43.7 Å². The topological polar surface area (TPSA) is 76.1 Å². The van der Waals surface area contributed by atoms with Crippen molar-refractivity contribution in [2.75, 3.05) is 0 Å². The number of ether oxygens (including phenoxy) is 2. The molecule has 2 aromatic rings. The Labute approximate surface area is 186 Å². The molecule has 2 bridgehead atoms. The third kappa shape index (κ3) is 4.27. The molecule has 2 aliphatic rings. The zero-order valence-corrected chi connectivity index (χ0v) is 18.1. The smallest absolute Gasteiger partial charge is 0.411 e. The summed E-state index contributed by atoms with van der Waals surface area (Å²) in [5.41, 5.74) is -1.71. The molecule has 1 amide bonds. The highest BCUT2D eigenvalue weighted by atomic mass is 35.5. The standard InChI is InChI=1S/C24H26ClNO5/c1-16(25)30-23(28)26-19-12-13-20(26)15-21(14-19)31-22(27)24(29,17-8-4-2-5-9-17)18-10-6-3-7-11-18/h2-11,16,19-21,29H,12-15H2,1H3/t16?,19-,20+,21?. The number of carbonyl (C=O) groups excluding carboxylic acids is 2. The van der Waals surface area contributed by atoms with Gasteiger partial charge in [0, 0.05) is 24.9 Å². The lowest BCUT2D eigenvalue weighted by atomic mass is 9.86. The second-order valence-corrected chi connectivity index (χ2v) is 8.77. The van der Waals surface area contributed by atoms with Crippen molar-refractivity contribution >= 4 is 23.7 Å². The minimum atomic E-state index is -1.91. The van der Waals surface area contributed by atoms with Gasteiger partial charge in [-0.2, -0.15) is 0 Å². The quantitative estimate of drug-likeness (QED) is 0.554. The van der Waals surface area contributed by atoms with Gasteiger partial charge in [-0.25, -0.2) is 9.59 Å². The Kier molecular flexibility index (Phi) is 6.21. The first-order valence-electron chi connectivity index (χ1n) is 10.6. The van der Waals surface area contributed by atoms with Gasteiger partial charge in [-0.3, -0.25) is 0 Å². The monoisotopic (exact) mass is 443 g/mol. The summed E-state index contributed by atoms with van der Waals surface area (Å²) in [6.45, 7) is 1.60. The Balaban J connectivity index is 1.53. The molecule has 2 saturated heterocycles. The Morgan fingerprint density at radius 1 is 1.00 bits per heavy atom. The van der Waals surface area contributed by atoms with Crippen molar-refractivity contribution in [3.63, 3.8) is 0 Å². The van der Waals surface area contributed by atoms with Crippen molar-refractivity contribution in [1.82, 2.24) is 4.90 Å². The fourth-order valence-electron chi connectivity index (χ4n) is 4.72. The number of aliphatic hydroxyl groups is 1. The molecular formula is C24H26ClNO5. The van der Waals surface area contributed by atoms with Crippen LogP contribution < -0.4 is 0 Å². The van der Waals surface area contributed by atoms with Gasteiger partial charge in [0.25, 0.3) is 0 Å². The minimum absolute atomic E-state index is 0.0685. The number of hydrogen-bond donors (Lipinski definition) is 1. The molecular weight excluding hydrogens is 418 g/mol. The van der Waals surface area contributed by atoms with Crippen molar-refractivity contribution in [2.45, 2.75) is 62.0 Å². The first kappa shape index (κ1) is 21.7. The molecule has 6 nitrogen and oxygen atoms in total. The highest BCUT2D eigenvalue weighted by molar-refractivity contribution is 6.19. The van der Waals surface area contributed by atoms with Crippen LogP contribution in [-0.2, 0) is 19.9 Å². The van der Waals surface area contributed by atoms with Gasteiger partial charge in [-0.1, -0.05) is 72.3 Å². The number of alkyl halides is 1. The lowest BCUT2D eigenvalue weighted by Crippen LogP contribution is -2.50. The van der Waals surface area contributed by atoms with E-state index in [1.165, 1.54) is 0 Å². The Hall–Kier alpha value is -2.57. The average molecular weight is 444 g/mol. The Morgan fingerprint density at radius 3 is 1.94 bits per heavy atom. The maximum atomic E-state index is 13.3. The van der Waals surface area contributed by atoms with Gasteiger partial charge in [0.15, 0.2) is 5.56 Å². The van der Waals surface area contributed by atoms with E-state index in [4.69, 9.17) is 21.1 Å². The highest BCUT2D eigenvalue weighted by Gasteiger charge is 2.48. The number of halogens is 1. The van der Waals surface area contributed by atoms with Gasteiger partial charge in [0.1, 0.15) is 6.10 Å². The third-order valence-corrected chi connectivity index (χ3v) is 6.21. The second-order valence-electron chi connectivity index (χ2n) is 8.16. The number of rotatable bonds is 5. The van der Waals surface area contributed by atoms with Crippen LogP contribution in [0.5, 0.6) is 0 Å². The number of fused-ring (bicyclic) bond motifs is 2. The zero-order chi connectivity index (χ0) is 22.0. The summed E-state index contributed by atoms with van der Waals surface area (Å²) in [5.74, 6) is -0.709. The van der Waals surface area contributed by atoms with Gasteiger partial charge < -0.3 is 19.5 Å². The second kappa shape index (κ2) is 8.89. The van der Waals surface area contributed by atoms with Gasteiger partial charge >= 0.3 is 12.1 Å². The summed E-state index contributed by atoms with van der Waals surface area (Å²) in [7, 11) is 0. The van der Waals surface area contributed by atoms with Gasteiger partial charge in [0.05, 0.1) is 0 Å². The van der Waals surface area contributed by atoms with E-state index < -0.39 is 23.2 Å². The van der Waals surface area contributed by atoms with Crippen LogP contribution >= 0.6 is 11.6 Å². The third-order valence-electron chi connectivity index (χ3n) is 6.12. The summed E-state index contributed by atoms with van der Waals surface area (Å²) in [4.78, 5) is 27.5. The number of carbonyl (C=O) groups is 2. The van der Waals surface area contributed by atoms with Crippen LogP contribution in [0, 0.1) is 0 Å². The first-order chi connectivity index (χ1) is 14.9. The lowest BCUT2D eigenvalue weighted by molar-refractivity contribution is -0.171. The molecule has 2 aliphatic heterocycles. The number of nitrogens with zero attached hydrogens (tertiary/aromatic N) is 1. The molecule has 2 aromatic carbocycles. The summed E-state index contributed by atoms with van der Waals surface area (Å²) in [5, 5.41) is 11.6. The molecule has 2 heterocycles. The number of hydrogen-bond acceptors (Lipinski definition) is 5. The normalized spacial score (nSPS) is 23.8. The van der Waals surface area contributed by atoms with E-state index in [0.29, 0.717) is 24.0 Å². The SMILES string of the molecule is CC(Cl)OC(=O)N1[C@@H]2CC[C@H]1CC(OC(=O)C(O)(c1ccccc1)c1ccccc1)C2. The highest BCUT2D eigenvalue weighted by Crippen LogP contribution is 2.39. The lowest BCUT2D eigenvalue weighted by Gasteiger charge is -2.39. The van der Waals surface area contributed by atoms with Gasteiger partial charge in [-0.05, 0) is 30.9 Å². The van der Waals surface area contributed by atoms with E-state index in [1.54, 1.807) is 60.4 Å². The predicted molar refractivity (Wildman–Crippen MR) is 115 cm³/mol. The van der Waals surface area contributed by atoms with Crippen LogP contribution in [0.4, 0.5) is 4.79 Å². The molecule has 2 fully saturated rings. The molecule has 0 saturated carbocycles. The molecule has 0 spiro atoms. The van der Waals surface area contributed by atoms with Crippen molar-refractivity contribution in [1.29, 1.82) is 0 Å². The average Bonchev–Trinajstić information content (AvgIpc) is 3.04. The fourth-order valence-corrected chi connectivity index (χ4v) is 4.80. The number of piperidine rings is 1. The molecule has 0 radical (unpaired) electrons. The molecule has 7 heteroatoms. The Morgan fingerprint density at radius 2 is 1.48 bits per heavy atom. The van der Waals surface area contributed by atoms with E-state index in [0.717, 1.165) is 12.8 Å². The van der Waals surface area contributed by atoms with E-state index >= 15 is 0 Å². The van der Waals surface area contributed by atoms with E-state index in [-0.39, 0.29) is 18.2 Å². The largest absolute Gasteiger partial charge is 0.460 e. The van der Waals surface area contributed by atoms with Crippen molar-refractivity contribution in [2.24, 2.45) is 0 Å². The van der Waals surface area contributed by atoms with E-state index in [1.807, 2.05) is 12.1 Å². The van der Waals surface area contributed by atoms with Crippen molar-refractivity contribution < 1.29 is 24.2 Å². The summed E-state index contributed by atoms with van der Waals surface area (Å²) >= 11 is 5.80. The molecule has 31 heavy (non-hydrogen) atoms. The fraction of sp³-hybridized carbons (Fsp3) is 0.417. The first-order valence-corrected chi connectivity index (χ1v) is 11.0. The zero-order valence-electron chi connectivity index (χ0n) is 17.3. The van der Waals surface area contributed by atoms with Crippen LogP contribution in [0.3, 0.4) is 0 Å². The summed E-state index contributed by atoms with van der Waals surface area (Å²) in [6.07, 6.45) is 1.85. The summed E-state index contributed by atoms with van der Waals surface area (Å²) in [6, 6.07) is 17.5. The van der Waals surface area contributed by atoms with Crippen LogP contribution in [0.15, 0.2) is 60.7 Å². The van der Waals surface area contributed by atoms with Gasteiger partial charge in [0.2, 0.25) is 5.60 Å². The number of esters is 1. The molecule has 2 unspecified atom stereocenters.